The molecular formula is C30H55NO31P2. The molecular weight excluding hydrogens is 932 g/mol. The summed E-state index contributed by atoms with van der Waals surface area (Å²) in [5, 5.41) is 148. The van der Waals surface area contributed by atoms with Gasteiger partial charge in [0.15, 0.2) is 31.5 Å². The average molecular weight is 988 g/mol. The van der Waals surface area contributed by atoms with Crippen LogP contribution in [0.25, 0.3) is 0 Å². The van der Waals surface area contributed by atoms with Crippen molar-refractivity contribution >= 4 is 15.6 Å². The molecule has 5 aliphatic rings. The highest BCUT2D eigenvalue weighted by molar-refractivity contribution is 7.46. The van der Waals surface area contributed by atoms with Gasteiger partial charge >= 0.3 is 15.6 Å². The number of hydrogen-bond donors (Lipinski definition) is 19. The fraction of sp³-hybridized carbons (Fsp3) is 1.00. The maximum atomic E-state index is 11.5. The number of phosphoric ester groups is 2. The summed E-state index contributed by atoms with van der Waals surface area (Å²) in [7, 11) is -10.5. The number of rotatable bonds is 17. The third kappa shape index (κ3) is 12.7. The van der Waals surface area contributed by atoms with Crippen molar-refractivity contribution in [2.24, 2.45) is 5.73 Å². The third-order valence-corrected chi connectivity index (χ3v) is 11.8. The lowest BCUT2D eigenvalue weighted by Gasteiger charge is -2.49. The Hall–Kier alpha value is -0.740. The van der Waals surface area contributed by atoms with E-state index >= 15 is 0 Å². The summed E-state index contributed by atoms with van der Waals surface area (Å²) in [6.45, 7) is -5.11. The van der Waals surface area contributed by atoms with Crippen LogP contribution in [0.2, 0.25) is 0 Å². The van der Waals surface area contributed by atoms with Crippen molar-refractivity contribution in [2.45, 2.75) is 153 Å². The lowest BCUT2D eigenvalue weighted by Crippen LogP contribution is -2.67. The Kier molecular flexibility index (Phi) is 18.9. The van der Waals surface area contributed by atoms with E-state index in [0.717, 1.165) is 0 Å². The van der Waals surface area contributed by atoms with E-state index in [2.05, 4.69) is 9.05 Å². The van der Waals surface area contributed by atoms with Gasteiger partial charge in [0, 0.05) is 0 Å². The van der Waals surface area contributed by atoms with Gasteiger partial charge in [0.25, 0.3) is 0 Å². The molecule has 5 saturated heterocycles. The Bertz CT molecular complexity index is 1560. The van der Waals surface area contributed by atoms with E-state index in [1.165, 1.54) is 0 Å². The van der Waals surface area contributed by atoms with Gasteiger partial charge in [-0.2, -0.15) is 0 Å². The van der Waals surface area contributed by atoms with Crippen LogP contribution < -0.4 is 5.73 Å². The minimum absolute atomic E-state index is 0.945. The fourth-order valence-electron chi connectivity index (χ4n) is 7.23. The number of phosphoric acid groups is 2. The topological polar surface area (TPSA) is 526 Å². The molecule has 5 aliphatic heterocycles. The Labute approximate surface area is 359 Å². The lowest BCUT2D eigenvalue weighted by molar-refractivity contribution is -0.396. The standard InChI is InChI=1S/C30H55NO31P2/c31-11-16(38)23(10(55-26(11)45)5-54-64(49,50)51)60-28-22(44)18(40)14(36)8(58-28)3-52-29-24(19(41)13(35)7(2-33)57-29)62-30-25(20(42)15(37)9(59-30)4-53-63(46,47)48)61-27-21(43)17(39)12(34)6(1-32)56-27/h6-30,32-45H,1-5,31H2,(H2,46,47,48)(H2,49,50,51)/t6-,7-,8-,9-,10-,11-,12-,13-,14-,15-,16-,17+,18+,19+,20+,21+,22+,23-,24+,25+,26?,27-,28-,29+,30-/m1/s1. The van der Waals surface area contributed by atoms with Crippen LogP contribution in [0.3, 0.4) is 0 Å². The van der Waals surface area contributed by atoms with Crippen LogP contribution in [-0.2, 0) is 60.8 Å². The molecule has 0 aliphatic carbocycles. The summed E-state index contributed by atoms with van der Waals surface area (Å²) in [6, 6.07) is -1.62. The molecule has 0 aromatic heterocycles. The number of aliphatic hydroxyl groups excluding tert-OH is 14. The van der Waals surface area contributed by atoms with Crippen molar-refractivity contribution in [2.75, 3.05) is 33.0 Å². The maximum absolute atomic E-state index is 11.5. The second kappa shape index (κ2) is 22.3. The molecule has 0 amide bonds. The van der Waals surface area contributed by atoms with Crippen LogP contribution in [0.4, 0.5) is 0 Å². The summed E-state index contributed by atoms with van der Waals surface area (Å²) in [5.41, 5.74) is 5.74. The van der Waals surface area contributed by atoms with Crippen LogP contribution in [0.15, 0.2) is 0 Å². The number of hydrogen-bond acceptors (Lipinski definition) is 28. The predicted molar refractivity (Wildman–Crippen MR) is 190 cm³/mol. The molecule has 0 radical (unpaired) electrons. The predicted octanol–water partition coefficient (Wildman–Crippen LogP) is -11.7. The van der Waals surface area contributed by atoms with E-state index in [4.69, 9.17) is 58.2 Å². The molecule has 0 aromatic carbocycles. The van der Waals surface area contributed by atoms with Gasteiger partial charge in [-0.25, -0.2) is 9.13 Å². The van der Waals surface area contributed by atoms with Gasteiger partial charge in [-0.15, -0.1) is 0 Å². The van der Waals surface area contributed by atoms with Crippen molar-refractivity contribution in [1.29, 1.82) is 0 Å². The van der Waals surface area contributed by atoms with Crippen molar-refractivity contribution < 1.29 is 152 Å². The summed E-state index contributed by atoms with van der Waals surface area (Å²) in [6.07, 6.45) is -48.1. The second-order valence-electron chi connectivity index (χ2n) is 15.3. The Morgan fingerprint density at radius 2 is 0.781 bits per heavy atom. The van der Waals surface area contributed by atoms with E-state index in [1.807, 2.05) is 0 Å². The fourth-order valence-corrected chi connectivity index (χ4v) is 7.91. The number of ether oxygens (including phenoxy) is 9. The molecule has 32 nitrogen and oxygen atoms in total. The van der Waals surface area contributed by atoms with Crippen LogP contribution in [-0.4, -0.2) is 278 Å². The van der Waals surface area contributed by atoms with Crippen LogP contribution in [0, 0.1) is 0 Å². The van der Waals surface area contributed by atoms with Gasteiger partial charge in [0.1, 0.15) is 116 Å². The molecule has 0 spiro atoms. The summed E-state index contributed by atoms with van der Waals surface area (Å²) in [5.74, 6) is 0. The van der Waals surface area contributed by atoms with E-state index in [9.17, 15) is 90.4 Å². The summed E-state index contributed by atoms with van der Waals surface area (Å²) >= 11 is 0. The van der Waals surface area contributed by atoms with Crippen molar-refractivity contribution in [3.8, 4) is 0 Å². The zero-order valence-corrected chi connectivity index (χ0v) is 34.6. The first-order chi connectivity index (χ1) is 29.8. The smallest absolute Gasteiger partial charge is 0.394 e. The van der Waals surface area contributed by atoms with E-state index in [1.54, 1.807) is 0 Å². The minimum atomic E-state index is -5.27. The number of aliphatic hydroxyl groups is 14. The highest BCUT2D eigenvalue weighted by atomic mass is 31.2. The van der Waals surface area contributed by atoms with Crippen molar-refractivity contribution in [3.05, 3.63) is 0 Å². The zero-order chi connectivity index (χ0) is 47.7. The molecule has 20 N–H and O–H groups in total. The molecule has 25 atom stereocenters. The normalized spacial score (nSPS) is 48.6. The first-order valence-electron chi connectivity index (χ1n) is 19.2. The summed E-state index contributed by atoms with van der Waals surface area (Å²) < 4.78 is 81.6. The molecule has 376 valence electrons. The third-order valence-electron chi connectivity index (χ3n) is 10.8. The number of nitrogens with two attached hydrogens (primary N) is 1. The van der Waals surface area contributed by atoms with E-state index < -0.39 is 202 Å². The first kappa shape index (κ1) is 54.2. The van der Waals surface area contributed by atoms with Gasteiger partial charge < -0.3 is 139 Å². The zero-order valence-electron chi connectivity index (χ0n) is 32.8. The summed E-state index contributed by atoms with van der Waals surface area (Å²) in [4.78, 5) is 36.8. The van der Waals surface area contributed by atoms with Gasteiger partial charge in [0.05, 0.1) is 39.1 Å². The molecule has 1 unspecified atom stereocenters. The largest absolute Gasteiger partial charge is 0.469 e. The van der Waals surface area contributed by atoms with Crippen LogP contribution in [0.5, 0.6) is 0 Å². The van der Waals surface area contributed by atoms with Gasteiger partial charge in [-0.1, -0.05) is 0 Å². The molecule has 64 heavy (non-hydrogen) atoms. The second-order valence-corrected chi connectivity index (χ2v) is 17.8. The van der Waals surface area contributed by atoms with Gasteiger partial charge in [-0.3, -0.25) is 9.05 Å². The monoisotopic (exact) mass is 987 g/mol. The highest BCUT2D eigenvalue weighted by Gasteiger charge is 2.56. The lowest BCUT2D eigenvalue weighted by atomic mass is 9.96. The van der Waals surface area contributed by atoms with Gasteiger partial charge in [-0.05, 0) is 0 Å². The minimum Gasteiger partial charge on any atom is -0.394 e. The maximum Gasteiger partial charge on any atom is 0.469 e. The highest BCUT2D eigenvalue weighted by Crippen LogP contribution is 2.40. The quantitative estimate of drug-likeness (QED) is 0.0602. The first-order valence-corrected chi connectivity index (χ1v) is 22.2. The van der Waals surface area contributed by atoms with E-state index in [0.29, 0.717) is 0 Å². The molecule has 0 saturated carbocycles. The molecule has 5 heterocycles. The SMILES string of the molecule is N[C@H]1C(O)O[C@H](COP(=O)(O)O)[C@@H](O[C@H]2O[C@H](CO[C@H]3O[C@H](CO)[C@@H](O)[C@H](O)[C@@H]3O[C@H]3O[C@H](COP(=O)(O)O)[C@@H](O)[C@H](O)[C@@H]3O[C@H]3O[C@H](CO)[C@@H](O)[C@H](O)[C@@H]3O)[C@@H](O)[C@H](O)[C@@H]2O)[C@@H]1O. The van der Waals surface area contributed by atoms with E-state index in [-0.39, 0.29) is 0 Å². The van der Waals surface area contributed by atoms with Crippen LogP contribution in [0.1, 0.15) is 0 Å². The molecule has 5 rings (SSSR count). The molecule has 5 fully saturated rings. The Balaban J connectivity index is 1.39. The molecule has 34 heteroatoms. The molecule has 0 bridgehead atoms. The Morgan fingerprint density at radius 3 is 1.30 bits per heavy atom. The molecule has 0 aromatic rings. The van der Waals surface area contributed by atoms with Crippen molar-refractivity contribution in [1.82, 2.24) is 0 Å². The average Bonchev–Trinajstić information content (AvgIpc) is 3.23. The Morgan fingerprint density at radius 1 is 0.406 bits per heavy atom. The van der Waals surface area contributed by atoms with Crippen LogP contribution >= 0.6 is 15.6 Å². The van der Waals surface area contributed by atoms with Crippen molar-refractivity contribution in [3.63, 3.8) is 0 Å². The van der Waals surface area contributed by atoms with Gasteiger partial charge in [0.2, 0.25) is 0 Å².